The Morgan fingerprint density at radius 2 is 1.97 bits per heavy atom. The monoisotopic (exact) mass is 443 g/mol. The van der Waals surface area contributed by atoms with E-state index in [4.69, 9.17) is 4.74 Å². The van der Waals surface area contributed by atoms with E-state index in [1.165, 1.54) is 29.5 Å². The number of hydrogen-bond acceptors (Lipinski definition) is 6. The average Bonchev–Trinajstić information content (AvgIpc) is 3.40. The van der Waals surface area contributed by atoms with E-state index in [2.05, 4.69) is 4.36 Å². The Kier molecular flexibility index (Phi) is 6.22. The number of nitrogens with zero attached hydrogens (tertiary/aromatic N) is 3. The predicted octanol–water partition coefficient (Wildman–Crippen LogP) is 0.807. The standard InChI is InChI=1S/C19H29N3O5S2/c1-13(27-8-14-2-3-14)19(25)21-5-15-4-16(6-21)11-29(26,10-15)20-17(23)7-22-12-28-9-18(22)24/h13-16H,2-12H2,1H3. The lowest BCUT2D eigenvalue weighted by atomic mass is 9.91. The molecular formula is C19H29N3O5S2. The minimum atomic E-state index is -2.63. The lowest BCUT2D eigenvalue weighted by Crippen LogP contribution is -2.53. The highest BCUT2D eigenvalue weighted by Crippen LogP contribution is 2.32. The molecule has 0 N–H and O–H groups in total. The first-order valence-electron chi connectivity index (χ1n) is 10.3. The van der Waals surface area contributed by atoms with Crippen LogP contribution in [0.5, 0.6) is 0 Å². The van der Waals surface area contributed by atoms with E-state index in [9.17, 15) is 18.6 Å². The average molecular weight is 444 g/mol. The van der Waals surface area contributed by atoms with Gasteiger partial charge in [0, 0.05) is 24.6 Å². The van der Waals surface area contributed by atoms with Gasteiger partial charge in [-0.1, -0.05) is 0 Å². The fraction of sp³-hybridized carbons (Fsp3) is 0.842. The highest BCUT2D eigenvalue weighted by Gasteiger charge is 2.40. The van der Waals surface area contributed by atoms with Gasteiger partial charge in [-0.25, -0.2) is 4.21 Å². The summed E-state index contributed by atoms with van der Waals surface area (Å²) in [6.45, 7) is 3.48. The molecule has 0 aromatic heterocycles. The van der Waals surface area contributed by atoms with E-state index < -0.39 is 21.7 Å². The third kappa shape index (κ3) is 5.32. The highest BCUT2D eigenvalue weighted by atomic mass is 32.2. The Morgan fingerprint density at radius 3 is 2.55 bits per heavy atom. The number of hydrogen-bond donors (Lipinski definition) is 0. The molecule has 3 amide bonds. The van der Waals surface area contributed by atoms with Crippen LogP contribution >= 0.6 is 11.8 Å². The summed E-state index contributed by atoms with van der Waals surface area (Å²) >= 11 is 1.47. The number of amides is 3. The van der Waals surface area contributed by atoms with Gasteiger partial charge < -0.3 is 14.5 Å². The van der Waals surface area contributed by atoms with Crippen LogP contribution in [0.3, 0.4) is 0 Å². The number of carbonyl (C=O) groups excluding carboxylic acids is 3. The van der Waals surface area contributed by atoms with Gasteiger partial charge in [-0.05, 0) is 43.9 Å². The SMILES string of the molecule is CC(OCC1CC1)C(=O)N1CC2CC(C1)CS(=O)(=NC(=O)CN1CSCC1=O)C2. The second kappa shape index (κ2) is 8.55. The van der Waals surface area contributed by atoms with Crippen LogP contribution in [0.1, 0.15) is 26.2 Å². The smallest absolute Gasteiger partial charge is 0.273 e. The molecule has 162 valence electrons. The molecule has 29 heavy (non-hydrogen) atoms. The molecule has 4 rings (SSSR count). The van der Waals surface area contributed by atoms with Crippen LogP contribution in [0.25, 0.3) is 0 Å². The number of piperidine rings is 1. The first kappa shape index (κ1) is 21.1. The van der Waals surface area contributed by atoms with Crippen LogP contribution in [0, 0.1) is 17.8 Å². The predicted molar refractivity (Wildman–Crippen MR) is 111 cm³/mol. The molecule has 3 aliphatic heterocycles. The first-order chi connectivity index (χ1) is 13.8. The van der Waals surface area contributed by atoms with Crippen molar-refractivity contribution in [2.24, 2.45) is 22.1 Å². The number of likely N-dealkylation sites (tertiary alicyclic amines) is 1. The molecule has 3 saturated heterocycles. The molecule has 4 fully saturated rings. The minimum absolute atomic E-state index is 0.00631. The van der Waals surface area contributed by atoms with E-state index in [1.54, 1.807) is 0 Å². The summed E-state index contributed by atoms with van der Waals surface area (Å²) in [5, 5.41) is 0. The normalized spacial score (nSPS) is 32.9. The Labute approximate surface area is 176 Å². The fourth-order valence-corrected chi connectivity index (χ4v) is 8.00. The zero-order chi connectivity index (χ0) is 20.6. The third-order valence-electron chi connectivity index (χ3n) is 5.97. The zero-order valence-corrected chi connectivity index (χ0v) is 18.4. The molecule has 0 aromatic rings. The van der Waals surface area contributed by atoms with Crippen LogP contribution in [-0.2, 0) is 28.8 Å². The first-order valence-corrected chi connectivity index (χ1v) is 13.3. The van der Waals surface area contributed by atoms with Crippen molar-refractivity contribution in [2.75, 3.05) is 49.4 Å². The van der Waals surface area contributed by atoms with Gasteiger partial charge >= 0.3 is 0 Å². The molecule has 3 heterocycles. The molecule has 3 unspecified atom stereocenters. The van der Waals surface area contributed by atoms with Gasteiger partial charge in [0.2, 0.25) is 5.91 Å². The molecule has 0 radical (unpaired) electrons. The van der Waals surface area contributed by atoms with Crippen molar-refractivity contribution in [3.8, 4) is 0 Å². The van der Waals surface area contributed by atoms with Gasteiger partial charge in [0.05, 0.1) is 28.0 Å². The molecule has 2 bridgehead atoms. The molecular weight excluding hydrogens is 414 g/mol. The van der Waals surface area contributed by atoms with Gasteiger partial charge in [-0.2, -0.15) is 4.36 Å². The van der Waals surface area contributed by atoms with Crippen molar-refractivity contribution in [1.82, 2.24) is 9.80 Å². The van der Waals surface area contributed by atoms with Gasteiger partial charge in [-0.15, -0.1) is 11.8 Å². The van der Waals surface area contributed by atoms with Crippen LogP contribution < -0.4 is 0 Å². The van der Waals surface area contributed by atoms with Crippen molar-refractivity contribution in [3.63, 3.8) is 0 Å². The Bertz CT molecular complexity index is 786. The van der Waals surface area contributed by atoms with Gasteiger partial charge in [-0.3, -0.25) is 14.4 Å². The quantitative estimate of drug-likeness (QED) is 0.603. The van der Waals surface area contributed by atoms with Gasteiger partial charge in [0.15, 0.2) is 0 Å². The summed E-state index contributed by atoms with van der Waals surface area (Å²) in [5.41, 5.74) is 0. The molecule has 10 heteroatoms. The van der Waals surface area contributed by atoms with E-state index in [1.807, 2.05) is 11.8 Å². The third-order valence-corrected chi connectivity index (χ3v) is 9.44. The molecule has 0 spiro atoms. The summed E-state index contributed by atoms with van der Waals surface area (Å²) in [4.78, 5) is 40.0. The van der Waals surface area contributed by atoms with E-state index in [-0.39, 0.29) is 30.2 Å². The highest BCUT2D eigenvalue weighted by molar-refractivity contribution is 8.00. The van der Waals surface area contributed by atoms with Crippen molar-refractivity contribution in [1.29, 1.82) is 0 Å². The molecule has 8 nitrogen and oxygen atoms in total. The number of thioether (sulfide) groups is 1. The molecule has 1 saturated carbocycles. The maximum absolute atomic E-state index is 13.3. The second-order valence-electron chi connectivity index (χ2n) is 8.79. The van der Waals surface area contributed by atoms with Crippen LogP contribution in [0.4, 0.5) is 0 Å². The van der Waals surface area contributed by atoms with Gasteiger partial charge in [0.25, 0.3) is 11.8 Å². The van der Waals surface area contributed by atoms with Gasteiger partial charge in [0.1, 0.15) is 12.6 Å². The number of fused-ring (bicyclic) bond motifs is 2. The topological polar surface area (TPSA) is 96.3 Å². The Balaban J connectivity index is 1.34. The van der Waals surface area contributed by atoms with Crippen molar-refractivity contribution < 1.29 is 23.3 Å². The largest absolute Gasteiger partial charge is 0.368 e. The summed E-state index contributed by atoms with van der Waals surface area (Å²) in [5.74, 6) is 1.84. The zero-order valence-electron chi connectivity index (χ0n) is 16.8. The number of rotatable bonds is 6. The summed E-state index contributed by atoms with van der Waals surface area (Å²) < 4.78 is 23.0. The lowest BCUT2D eigenvalue weighted by molar-refractivity contribution is -0.145. The van der Waals surface area contributed by atoms with Crippen LogP contribution in [0.15, 0.2) is 4.36 Å². The molecule has 4 aliphatic rings. The molecule has 0 aromatic carbocycles. The number of carbonyl (C=O) groups is 3. The van der Waals surface area contributed by atoms with Crippen molar-refractivity contribution in [2.45, 2.75) is 32.3 Å². The van der Waals surface area contributed by atoms with Crippen LogP contribution in [0.2, 0.25) is 0 Å². The summed E-state index contributed by atoms with van der Waals surface area (Å²) in [7, 11) is -2.63. The minimum Gasteiger partial charge on any atom is -0.368 e. The Morgan fingerprint density at radius 1 is 1.28 bits per heavy atom. The van der Waals surface area contributed by atoms with Crippen molar-refractivity contribution in [3.05, 3.63) is 0 Å². The van der Waals surface area contributed by atoms with E-state index in [0.717, 1.165) is 6.42 Å². The Hall–Kier alpha value is -1.13. The van der Waals surface area contributed by atoms with Crippen molar-refractivity contribution >= 4 is 39.2 Å². The van der Waals surface area contributed by atoms with Crippen LogP contribution in [-0.4, -0.2) is 87.2 Å². The lowest BCUT2D eigenvalue weighted by Gasteiger charge is -2.42. The van der Waals surface area contributed by atoms with E-state index >= 15 is 0 Å². The second-order valence-corrected chi connectivity index (χ2v) is 12.1. The summed E-state index contributed by atoms with van der Waals surface area (Å²) in [6, 6.07) is 0. The van der Waals surface area contributed by atoms with E-state index in [0.29, 0.717) is 48.7 Å². The molecule has 1 aliphatic carbocycles. The fourth-order valence-electron chi connectivity index (χ4n) is 4.43. The summed E-state index contributed by atoms with van der Waals surface area (Å²) in [6.07, 6.45) is 2.86. The maximum Gasteiger partial charge on any atom is 0.273 e. The number of ether oxygens (including phenoxy) is 1. The molecule has 3 atom stereocenters. The maximum atomic E-state index is 13.3.